The molecule has 0 aliphatic carbocycles. The van der Waals surface area contributed by atoms with E-state index in [1.54, 1.807) is 10.6 Å². The fraction of sp³-hybridized carbons (Fsp3) is 0.440. The van der Waals surface area contributed by atoms with Gasteiger partial charge in [-0.15, -0.1) is 24.8 Å². The van der Waals surface area contributed by atoms with Gasteiger partial charge in [0.05, 0.1) is 17.2 Å². The molecule has 7 nitrogen and oxygen atoms in total. The summed E-state index contributed by atoms with van der Waals surface area (Å²) in [4.78, 5) is 18.9. The zero-order chi connectivity index (χ0) is 22.4. The summed E-state index contributed by atoms with van der Waals surface area (Å²) in [5.41, 5.74) is 3.12. The Balaban J connectivity index is 0.00000144. The Morgan fingerprint density at radius 2 is 1.83 bits per heavy atom. The topological polar surface area (TPSA) is 68.6 Å². The smallest absolute Gasteiger partial charge is 0.251 e. The lowest BCUT2D eigenvalue weighted by atomic mass is 9.98. The van der Waals surface area contributed by atoms with Crippen LogP contribution in [0.15, 0.2) is 41.3 Å². The van der Waals surface area contributed by atoms with Crippen molar-refractivity contribution in [3.63, 3.8) is 0 Å². The van der Waals surface area contributed by atoms with E-state index in [1.165, 1.54) is 17.8 Å². The van der Waals surface area contributed by atoms with Crippen LogP contribution in [-0.2, 0) is 13.1 Å². The molecule has 0 saturated carbocycles. The van der Waals surface area contributed by atoms with E-state index >= 15 is 0 Å². The Kier molecular flexibility index (Phi) is 7.86. The summed E-state index contributed by atoms with van der Waals surface area (Å²) in [5, 5.41) is 3.67. The third-order valence-corrected chi connectivity index (χ3v) is 7.07. The first-order chi connectivity index (χ1) is 16.2. The molecule has 6 rings (SSSR count). The normalized spacial score (nSPS) is 19.3. The third-order valence-electron chi connectivity index (χ3n) is 7.07. The van der Waals surface area contributed by atoms with Gasteiger partial charge in [-0.25, -0.2) is 4.39 Å². The number of pyridine rings is 2. The van der Waals surface area contributed by atoms with Gasteiger partial charge in [0.25, 0.3) is 5.56 Å². The van der Waals surface area contributed by atoms with E-state index in [4.69, 9.17) is 9.47 Å². The van der Waals surface area contributed by atoms with E-state index in [2.05, 4.69) is 27.3 Å². The highest BCUT2D eigenvalue weighted by Crippen LogP contribution is 2.35. The largest absolute Gasteiger partial charge is 0.486 e. The summed E-state index contributed by atoms with van der Waals surface area (Å²) in [6, 6.07) is 9.78. The van der Waals surface area contributed by atoms with E-state index < -0.39 is 0 Å². The van der Waals surface area contributed by atoms with Crippen LogP contribution in [-0.4, -0.2) is 53.3 Å². The molecule has 3 aliphatic rings. The van der Waals surface area contributed by atoms with Crippen molar-refractivity contribution in [3.8, 4) is 11.5 Å². The Bertz CT molecular complexity index is 1260. The summed E-state index contributed by atoms with van der Waals surface area (Å²) in [6.07, 6.45) is 3.37. The van der Waals surface area contributed by atoms with Crippen LogP contribution in [0.3, 0.4) is 0 Å². The minimum absolute atomic E-state index is 0. The maximum atomic E-state index is 14.7. The number of aromatic nitrogens is 2. The maximum Gasteiger partial charge on any atom is 0.251 e. The molecule has 0 bridgehead atoms. The van der Waals surface area contributed by atoms with Gasteiger partial charge < -0.3 is 24.3 Å². The summed E-state index contributed by atoms with van der Waals surface area (Å²) >= 11 is 0. The Morgan fingerprint density at radius 3 is 2.63 bits per heavy atom. The monoisotopic (exact) mass is 522 g/mol. The minimum atomic E-state index is -0.305. The standard InChI is InChI=1S/C25H27FN4O3.2ClH/c26-19-13-28-20-2-4-23(31)30-15-17(24(19)25(20)30)14-29-7-5-18(6-8-29)27-12-16-1-3-21-22(11-16)33-10-9-32-21;;/h1-4,11,13,17-18,27H,5-10,12,14-15H2;2*1H/t17-;;/m1../s1. The molecule has 0 amide bonds. The fourth-order valence-corrected chi connectivity index (χ4v) is 5.39. The summed E-state index contributed by atoms with van der Waals surface area (Å²) in [7, 11) is 0. The highest BCUT2D eigenvalue weighted by Gasteiger charge is 2.31. The van der Waals surface area contributed by atoms with E-state index in [-0.39, 0.29) is 42.1 Å². The second-order valence-corrected chi connectivity index (χ2v) is 9.17. The van der Waals surface area contributed by atoms with Crippen molar-refractivity contribution in [2.24, 2.45) is 0 Å². The lowest BCUT2D eigenvalue weighted by Crippen LogP contribution is -2.43. The molecule has 1 N–H and O–H groups in total. The van der Waals surface area contributed by atoms with Crippen LogP contribution in [0.1, 0.15) is 29.9 Å². The molecule has 3 aliphatic heterocycles. The summed E-state index contributed by atoms with van der Waals surface area (Å²) in [5.74, 6) is 1.31. The Hall–Kier alpha value is -2.39. The highest BCUT2D eigenvalue weighted by molar-refractivity contribution is 5.85. The lowest BCUT2D eigenvalue weighted by molar-refractivity contribution is 0.171. The van der Waals surface area contributed by atoms with Crippen molar-refractivity contribution in [1.82, 2.24) is 19.8 Å². The average Bonchev–Trinajstić information content (AvgIpc) is 3.23. The molecule has 1 atom stereocenters. The zero-order valence-corrected chi connectivity index (χ0v) is 20.9. The van der Waals surface area contributed by atoms with Gasteiger partial charge in [0, 0.05) is 43.2 Å². The minimum Gasteiger partial charge on any atom is -0.486 e. The number of nitrogens with zero attached hydrogens (tertiary/aromatic N) is 3. The quantitative estimate of drug-likeness (QED) is 0.553. The van der Waals surface area contributed by atoms with Crippen LogP contribution in [0.25, 0.3) is 11.0 Å². The number of fused-ring (bicyclic) bond motifs is 1. The van der Waals surface area contributed by atoms with Crippen molar-refractivity contribution < 1.29 is 13.9 Å². The summed E-state index contributed by atoms with van der Waals surface area (Å²) in [6.45, 7) is 5.18. The van der Waals surface area contributed by atoms with Gasteiger partial charge in [-0.1, -0.05) is 6.07 Å². The average molecular weight is 523 g/mol. The predicted molar refractivity (Wildman–Crippen MR) is 137 cm³/mol. The molecule has 0 radical (unpaired) electrons. The molecule has 1 saturated heterocycles. The molecule has 10 heteroatoms. The van der Waals surface area contributed by atoms with Crippen molar-refractivity contribution in [3.05, 3.63) is 63.8 Å². The maximum absolute atomic E-state index is 14.7. The van der Waals surface area contributed by atoms with E-state index in [1.807, 2.05) is 6.07 Å². The van der Waals surface area contributed by atoms with E-state index in [0.29, 0.717) is 42.4 Å². The number of piperidine rings is 1. The Labute approximate surface area is 215 Å². The molecule has 5 heterocycles. The highest BCUT2D eigenvalue weighted by atomic mass is 35.5. The zero-order valence-electron chi connectivity index (χ0n) is 19.2. The van der Waals surface area contributed by atoms with Gasteiger partial charge >= 0.3 is 0 Å². The van der Waals surface area contributed by atoms with Gasteiger partial charge in [0.15, 0.2) is 11.5 Å². The number of halogens is 3. The number of hydrogen-bond donors (Lipinski definition) is 1. The van der Waals surface area contributed by atoms with Crippen LogP contribution in [0, 0.1) is 5.82 Å². The van der Waals surface area contributed by atoms with E-state index in [9.17, 15) is 9.18 Å². The Morgan fingerprint density at radius 1 is 1.06 bits per heavy atom. The lowest BCUT2D eigenvalue weighted by Gasteiger charge is -2.34. The predicted octanol–water partition coefficient (Wildman–Crippen LogP) is 3.50. The number of rotatable bonds is 5. The molecule has 0 spiro atoms. The van der Waals surface area contributed by atoms with Gasteiger partial charge in [-0.05, 0) is 49.7 Å². The molecule has 3 aromatic rings. The number of hydrogen-bond acceptors (Lipinski definition) is 6. The van der Waals surface area contributed by atoms with E-state index in [0.717, 1.165) is 50.5 Å². The van der Waals surface area contributed by atoms with Crippen LogP contribution < -0.4 is 20.3 Å². The van der Waals surface area contributed by atoms with Gasteiger partial charge in [0.2, 0.25) is 0 Å². The van der Waals surface area contributed by atoms with Crippen LogP contribution >= 0.6 is 24.8 Å². The molecule has 35 heavy (non-hydrogen) atoms. The number of benzene rings is 1. The SMILES string of the molecule is Cl.Cl.O=c1ccc2ncc(F)c3c2n1C[C@H]3CN1CCC(NCc2ccc3c(c2)OCCO3)CC1. The number of likely N-dealkylation sites (tertiary alicyclic amines) is 1. The first kappa shape index (κ1) is 25.7. The molecule has 1 aromatic carbocycles. The van der Waals surface area contributed by atoms with Gasteiger partial charge in [-0.3, -0.25) is 9.78 Å². The molecule has 188 valence electrons. The first-order valence-electron chi connectivity index (χ1n) is 11.7. The number of nitrogens with one attached hydrogen (secondary N) is 1. The molecular formula is C25H29Cl2FN4O3. The third kappa shape index (κ3) is 4.98. The number of ether oxygens (including phenoxy) is 2. The van der Waals surface area contributed by atoms with Gasteiger partial charge in [0.1, 0.15) is 19.0 Å². The second kappa shape index (κ2) is 10.7. The second-order valence-electron chi connectivity index (χ2n) is 9.17. The molecule has 0 unspecified atom stereocenters. The fourth-order valence-electron chi connectivity index (χ4n) is 5.39. The van der Waals surface area contributed by atoms with Crippen molar-refractivity contribution in [2.75, 3.05) is 32.8 Å². The molecular weight excluding hydrogens is 494 g/mol. The van der Waals surface area contributed by atoms with Crippen molar-refractivity contribution in [2.45, 2.75) is 37.9 Å². The molecule has 1 fully saturated rings. The molecule has 2 aromatic heterocycles. The van der Waals surface area contributed by atoms with Crippen molar-refractivity contribution in [1.29, 1.82) is 0 Å². The summed E-state index contributed by atoms with van der Waals surface area (Å²) < 4.78 is 27.7. The van der Waals surface area contributed by atoms with Gasteiger partial charge in [-0.2, -0.15) is 0 Å². The van der Waals surface area contributed by atoms with Crippen LogP contribution in [0.4, 0.5) is 4.39 Å². The van der Waals surface area contributed by atoms with Crippen molar-refractivity contribution >= 4 is 35.8 Å². The van der Waals surface area contributed by atoms with Crippen LogP contribution in [0.2, 0.25) is 0 Å². The van der Waals surface area contributed by atoms with Crippen LogP contribution in [0.5, 0.6) is 11.5 Å². The first-order valence-corrected chi connectivity index (χ1v) is 11.7.